The van der Waals surface area contributed by atoms with Crippen LogP contribution in [0.3, 0.4) is 0 Å². The van der Waals surface area contributed by atoms with Crippen molar-refractivity contribution in [1.29, 1.82) is 0 Å². The Bertz CT molecular complexity index is 871. The first-order valence-corrected chi connectivity index (χ1v) is 9.81. The molecular weight excluding hydrogens is 418 g/mol. The Labute approximate surface area is 187 Å². The summed E-state index contributed by atoms with van der Waals surface area (Å²) in [7, 11) is 1.17. The van der Waals surface area contributed by atoms with E-state index in [1.165, 1.54) is 7.11 Å². The van der Waals surface area contributed by atoms with Gasteiger partial charge in [-0.2, -0.15) is 0 Å². The van der Waals surface area contributed by atoms with E-state index in [1.54, 1.807) is 45.0 Å². The lowest BCUT2D eigenvalue weighted by Crippen LogP contribution is -2.49. The Balaban J connectivity index is 3.22. The highest BCUT2D eigenvalue weighted by Crippen LogP contribution is 2.24. The molecule has 3 amide bonds. The number of alkyl carbamates (subject to hydrolysis) is 1. The first-order valence-electron chi connectivity index (χ1n) is 9.81. The van der Waals surface area contributed by atoms with Crippen LogP contribution >= 0.6 is 0 Å². The standard InChI is InChI=1S/C22H29N3O7/c1-6-15-9-7-8-10-16(15)19(20(29)23-14-18(28)31-5)25(11-12-26)17(27)13-24-21(30)32-22(2,3)4/h1,7-10,19,26H,11-14H2,2-5H3,(H,23,29)(H,24,30). The molecule has 32 heavy (non-hydrogen) atoms. The molecule has 1 atom stereocenters. The van der Waals surface area contributed by atoms with Crippen LogP contribution < -0.4 is 10.6 Å². The number of esters is 1. The predicted molar refractivity (Wildman–Crippen MR) is 115 cm³/mol. The van der Waals surface area contributed by atoms with Crippen LogP contribution in [0.4, 0.5) is 4.79 Å². The van der Waals surface area contributed by atoms with E-state index in [-0.39, 0.29) is 6.54 Å². The van der Waals surface area contributed by atoms with E-state index in [2.05, 4.69) is 21.3 Å². The maximum Gasteiger partial charge on any atom is 0.408 e. The van der Waals surface area contributed by atoms with Gasteiger partial charge in [-0.25, -0.2) is 4.79 Å². The number of terminal acetylenes is 1. The molecule has 10 nitrogen and oxygen atoms in total. The molecule has 3 N–H and O–H groups in total. The zero-order valence-corrected chi connectivity index (χ0v) is 18.6. The van der Waals surface area contributed by atoms with Crippen molar-refractivity contribution in [2.45, 2.75) is 32.4 Å². The first-order chi connectivity index (χ1) is 15.0. The normalized spacial score (nSPS) is 11.5. The maximum absolute atomic E-state index is 13.0. The highest BCUT2D eigenvalue weighted by atomic mass is 16.6. The smallest absolute Gasteiger partial charge is 0.408 e. The molecule has 0 bridgehead atoms. The van der Waals surface area contributed by atoms with Crippen molar-refractivity contribution < 1.29 is 33.8 Å². The van der Waals surface area contributed by atoms with Crippen molar-refractivity contribution in [1.82, 2.24) is 15.5 Å². The van der Waals surface area contributed by atoms with Crippen molar-refractivity contribution in [3.05, 3.63) is 35.4 Å². The lowest BCUT2D eigenvalue weighted by molar-refractivity contribution is -0.144. The molecule has 0 aliphatic carbocycles. The number of benzene rings is 1. The lowest BCUT2D eigenvalue weighted by atomic mass is 9.98. The zero-order valence-electron chi connectivity index (χ0n) is 18.6. The summed E-state index contributed by atoms with van der Waals surface area (Å²) in [6.45, 7) is 3.40. The Kier molecular flexibility index (Phi) is 10.2. The molecule has 0 fully saturated rings. The Morgan fingerprint density at radius 1 is 1.16 bits per heavy atom. The van der Waals surface area contributed by atoms with E-state index in [1.807, 2.05) is 0 Å². The number of rotatable bonds is 9. The minimum absolute atomic E-state index is 0.232. The number of hydrogen-bond donors (Lipinski definition) is 3. The third-order valence-corrected chi connectivity index (χ3v) is 4.05. The molecule has 1 aromatic rings. The summed E-state index contributed by atoms with van der Waals surface area (Å²) in [5.41, 5.74) is -0.0991. The fraction of sp³-hybridized carbons (Fsp3) is 0.455. The van der Waals surface area contributed by atoms with Crippen LogP contribution in [0, 0.1) is 12.3 Å². The number of amides is 3. The van der Waals surface area contributed by atoms with Gasteiger partial charge in [0.1, 0.15) is 24.7 Å². The van der Waals surface area contributed by atoms with Gasteiger partial charge in [0.25, 0.3) is 0 Å². The summed E-state index contributed by atoms with van der Waals surface area (Å²) < 4.78 is 9.63. The summed E-state index contributed by atoms with van der Waals surface area (Å²) in [5.74, 6) is 0.389. The SMILES string of the molecule is C#Cc1ccccc1C(C(=O)NCC(=O)OC)N(CCO)C(=O)CNC(=O)OC(C)(C)C. The molecule has 0 saturated carbocycles. The maximum atomic E-state index is 13.0. The van der Waals surface area contributed by atoms with Gasteiger partial charge in [0.05, 0.1) is 13.7 Å². The van der Waals surface area contributed by atoms with Gasteiger partial charge in [-0.3, -0.25) is 14.4 Å². The minimum Gasteiger partial charge on any atom is -0.468 e. The van der Waals surface area contributed by atoms with Crippen LogP contribution in [0.15, 0.2) is 24.3 Å². The molecule has 174 valence electrons. The summed E-state index contributed by atoms with van der Waals surface area (Å²) in [6.07, 6.45) is 4.74. The van der Waals surface area contributed by atoms with Crippen LogP contribution in [0.5, 0.6) is 0 Å². The average molecular weight is 447 g/mol. The van der Waals surface area contributed by atoms with Gasteiger partial charge in [-0.15, -0.1) is 6.42 Å². The van der Waals surface area contributed by atoms with Crippen LogP contribution in [-0.2, 0) is 23.9 Å². The topological polar surface area (TPSA) is 134 Å². The fourth-order valence-corrected chi connectivity index (χ4v) is 2.71. The number of ether oxygens (including phenoxy) is 2. The van der Waals surface area contributed by atoms with Crippen molar-refractivity contribution in [2.75, 3.05) is 33.4 Å². The predicted octanol–water partition coefficient (Wildman–Crippen LogP) is 0.344. The van der Waals surface area contributed by atoms with E-state index in [9.17, 15) is 24.3 Å². The second kappa shape index (κ2) is 12.3. The molecule has 0 spiro atoms. The van der Waals surface area contributed by atoms with Crippen LogP contribution in [-0.4, -0.2) is 72.8 Å². The molecule has 0 heterocycles. The molecule has 0 radical (unpaired) electrons. The number of nitrogens with one attached hydrogen (secondary N) is 2. The molecule has 10 heteroatoms. The Morgan fingerprint density at radius 3 is 2.38 bits per heavy atom. The number of carbonyl (C=O) groups excluding carboxylic acids is 4. The molecule has 1 rings (SSSR count). The number of aliphatic hydroxyl groups is 1. The molecule has 0 aromatic heterocycles. The molecule has 0 aliphatic heterocycles. The largest absolute Gasteiger partial charge is 0.468 e. The summed E-state index contributed by atoms with van der Waals surface area (Å²) in [4.78, 5) is 50.4. The van der Waals surface area contributed by atoms with Gasteiger partial charge >= 0.3 is 12.1 Å². The Hall–Kier alpha value is -3.58. The number of nitrogens with zero attached hydrogens (tertiary/aromatic N) is 1. The van der Waals surface area contributed by atoms with Crippen LogP contribution in [0.2, 0.25) is 0 Å². The van der Waals surface area contributed by atoms with Gasteiger partial charge in [0.2, 0.25) is 11.8 Å². The number of hydrogen-bond acceptors (Lipinski definition) is 7. The quantitative estimate of drug-likeness (QED) is 0.367. The second-order valence-corrected chi connectivity index (χ2v) is 7.59. The van der Waals surface area contributed by atoms with E-state index in [0.717, 1.165) is 4.90 Å². The van der Waals surface area contributed by atoms with E-state index in [0.29, 0.717) is 11.1 Å². The highest BCUT2D eigenvalue weighted by Gasteiger charge is 2.33. The zero-order chi connectivity index (χ0) is 24.3. The van der Waals surface area contributed by atoms with Crippen molar-refractivity contribution in [3.63, 3.8) is 0 Å². The Morgan fingerprint density at radius 2 is 1.81 bits per heavy atom. The summed E-state index contributed by atoms with van der Waals surface area (Å²) in [5, 5.41) is 14.3. The monoisotopic (exact) mass is 447 g/mol. The first kappa shape index (κ1) is 26.5. The van der Waals surface area contributed by atoms with Gasteiger partial charge in [-0.05, 0) is 32.4 Å². The highest BCUT2D eigenvalue weighted by molar-refractivity contribution is 5.92. The lowest BCUT2D eigenvalue weighted by Gasteiger charge is -2.31. The fourth-order valence-electron chi connectivity index (χ4n) is 2.71. The third-order valence-electron chi connectivity index (χ3n) is 4.05. The molecule has 0 saturated heterocycles. The number of aliphatic hydroxyl groups excluding tert-OH is 1. The van der Waals surface area contributed by atoms with Crippen molar-refractivity contribution >= 4 is 23.9 Å². The van der Waals surface area contributed by atoms with E-state index in [4.69, 9.17) is 11.2 Å². The van der Waals surface area contributed by atoms with Crippen molar-refractivity contribution in [3.8, 4) is 12.3 Å². The minimum atomic E-state index is -1.27. The van der Waals surface area contributed by atoms with Crippen LogP contribution in [0.25, 0.3) is 0 Å². The summed E-state index contributed by atoms with van der Waals surface area (Å²) in [6, 6.07) is 5.20. The molecule has 1 aromatic carbocycles. The number of methoxy groups -OCH3 is 1. The molecule has 0 aliphatic rings. The molecule has 1 unspecified atom stereocenters. The number of carbonyl (C=O) groups is 4. The summed E-state index contributed by atoms with van der Waals surface area (Å²) >= 11 is 0. The molecular formula is C22H29N3O7. The second-order valence-electron chi connectivity index (χ2n) is 7.59. The third kappa shape index (κ3) is 8.28. The van der Waals surface area contributed by atoms with Gasteiger partial charge in [0, 0.05) is 12.1 Å². The van der Waals surface area contributed by atoms with Gasteiger partial charge in [-0.1, -0.05) is 24.1 Å². The van der Waals surface area contributed by atoms with Crippen molar-refractivity contribution in [2.24, 2.45) is 0 Å². The van der Waals surface area contributed by atoms with Gasteiger partial charge < -0.3 is 30.1 Å². The average Bonchev–Trinajstić information content (AvgIpc) is 2.74. The van der Waals surface area contributed by atoms with E-state index < -0.39 is 55.2 Å². The van der Waals surface area contributed by atoms with Gasteiger partial charge in [0.15, 0.2) is 0 Å². The van der Waals surface area contributed by atoms with Crippen LogP contribution in [0.1, 0.15) is 37.9 Å². The van der Waals surface area contributed by atoms with E-state index >= 15 is 0 Å².